The lowest BCUT2D eigenvalue weighted by Gasteiger charge is -2.18. The summed E-state index contributed by atoms with van der Waals surface area (Å²) in [5.41, 5.74) is 0. The third-order valence-electron chi connectivity index (χ3n) is 3.05. The van der Waals surface area contributed by atoms with Crippen LogP contribution in [-0.2, 0) is 4.74 Å². The van der Waals surface area contributed by atoms with Crippen molar-refractivity contribution < 1.29 is 9.26 Å². The summed E-state index contributed by atoms with van der Waals surface area (Å²) >= 11 is 0. The highest BCUT2D eigenvalue weighted by molar-refractivity contribution is 4.98. The number of nitrogens with one attached hydrogen (secondary N) is 1. The maximum Gasteiger partial charge on any atom is 0.231 e. The lowest BCUT2D eigenvalue weighted by molar-refractivity contribution is 0.0903. The topological polar surface area (TPSA) is 60.2 Å². The first-order chi connectivity index (χ1) is 7.85. The van der Waals surface area contributed by atoms with E-state index in [1.807, 2.05) is 6.92 Å². The van der Waals surface area contributed by atoms with E-state index >= 15 is 0 Å². The molecular weight excluding hydrogens is 206 g/mol. The second-order valence-corrected chi connectivity index (χ2v) is 4.17. The highest BCUT2D eigenvalue weighted by Gasteiger charge is 2.23. The van der Waals surface area contributed by atoms with Crippen molar-refractivity contribution in [2.24, 2.45) is 0 Å². The minimum atomic E-state index is -0.0472. The van der Waals surface area contributed by atoms with Crippen molar-refractivity contribution in [3.63, 3.8) is 0 Å². The molecule has 0 aromatic carbocycles. The van der Waals surface area contributed by atoms with Crippen molar-refractivity contribution in [2.45, 2.75) is 38.2 Å². The van der Waals surface area contributed by atoms with Crippen LogP contribution in [-0.4, -0.2) is 30.3 Å². The molecular formula is C11H19N3O2. The van der Waals surface area contributed by atoms with Gasteiger partial charge in [0, 0.05) is 13.7 Å². The maximum absolute atomic E-state index is 5.31. The van der Waals surface area contributed by atoms with Gasteiger partial charge in [0.15, 0.2) is 0 Å². The fraction of sp³-hybridized carbons (Fsp3) is 0.818. The Hall–Kier alpha value is -0.940. The van der Waals surface area contributed by atoms with E-state index in [4.69, 9.17) is 9.26 Å². The van der Waals surface area contributed by atoms with Gasteiger partial charge in [-0.2, -0.15) is 4.98 Å². The third-order valence-corrected chi connectivity index (χ3v) is 3.05. The summed E-state index contributed by atoms with van der Waals surface area (Å²) in [5, 5.41) is 7.34. The molecule has 0 bridgehead atoms. The summed E-state index contributed by atoms with van der Waals surface area (Å²) in [6.07, 6.45) is 3.11. The van der Waals surface area contributed by atoms with Crippen LogP contribution >= 0.6 is 0 Å². The maximum atomic E-state index is 5.31. The quantitative estimate of drug-likeness (QED) is 0.844. The number of hydrogen-bond acceptors (Lipinski definition) is 5. The van der Waals surface area contributed by atoms with Crippen molar-refractivity contribution >= 4 is 0 Å². The van der Waals surface area contributed by atoms with Gasteiger partial charge in [0.2, 0.25) is 11.7 Å². The number of ether oxygens (including phenoxy) is 1. The van der Waals surface area contributed by atoms with Crippen LogP contribution in [0.1, 0.15) is 49.9 Å². The van der Waals surface area contributed by atoms with Crippen molar-refractivity contribution in [2.75, 3.05) is 20.2 Å². The molecule has 1 unspecified atom stereocenters. The summed E-state index contributed by atoms with van der Waals surface area (Å²) in [5.74, 6) is 1.78. The number of rotatable bonds is 4. The van der Waals surface area contributed by atoms with Crippen molar-refractivity contribution in [3.05, 3.63) is 11.7 Å². The molecule has 0 spiro atoms. The summed E-state index contributed by atoms with van der Waals surface area (Å²) in [4.78, 5) is 4.43. The average Bonchev–Trinajstić information content (AvgIpc) is 2.81. The van der Waals surface area contributed by atoms with E-state index in [2.05, 4.69) is 15.5 Å². The van der Waals surface area contributed by atoms with Gasteiger partial charge in [-0.25, -0.2) is 0 Å². The fourth-order valence-corrected chi connectivity index (χ4v) is 2.06. The number of nitrogens with zero attached hydrogens (tertiary/aromatic N) is 2. The average molecular weight is 225 g/mol. The van der Waals surface area contributed by atoms with Crippen LogP contribution in [0.15, 0.2) is 4.52 Å². The lowest BCUT2D eigenvalue weighted by atomic mass is 10.00. The summed E-state index contributed by atoms with van der Waals surface area (Å²) in [6, 6.07) is 0. The number of aromatic nitrogens is 2. The van der Waals surface area contributed by atoms with Crippen molar-refractivity contribution in [1.82, 2.24) is 15.5 Å². The molecule has 0 aliphatic carbocycles. The van der Waals surface area contributed by atoms with Gasteiger partial charge in [0.1, 0.15) is 6.10 Å². The Morgan fingerprint density at radius 1 is 1.62 bits per heavy atom. The van der Waals surface area contributed by atoms with Crippen LogP contribution in [0, 0.1) is 0 Å². The van der Waals surface area contributed by atoms with Crippen LogP contribution in [0.3, 0.4) is 0 Å². The summed E-state index contributed by atoms with van der Waals surface area (Å²) in [7, 11) is 1.67. The molecule has 90 valence electrons. The van der Waals surface area contributed by atoms with Gasteiger partial charge in [0.25, 0.3) is 0 Å². The molecule has 0 saturated carbocycles. The van der Waals surface area contributed by atoms with Crippen LogP contribution < -0.4 is 5.32 Å². The van der Waals surface area contributed by atoms with E-state index in [1.54, 1.807) is 7.11 Å². The predicted molar refractivity (Wildman–Crippen MR) is 59.2 cm³/mol. The molecule has 5 heteroatoms. The summed E-state index contributed by atoms with van der Waals surface area (Å²) < 4.78 is 10.6. The Balaban J connectivity index is 2.05. The Labute approximate surface area is 95.6 Å². The first-order valence-electron chi connectivity index (χ1n) is 5.92. The van der Waals surface area contributed by atoms with E-state index in [9.17, 15) is 0 Å². The van der Waals surface area contributed by atoms with Gasteiger partial charge in [-0.15, -0.1) is 0 Å². The molecule has 1 aromatic rings. The normalized spacial score (nSPS) is 23.2. The van der Waals surface area contributed by atoms with Crippen LogP contribution in [0.2, 0.25) is 0 Å². The Morgan fingerprint density at radius 2 is 2.50 bits per heavy atom. The molecule has 1 aliphatic heterocycles. The lowest BCUT2D eigenvalue weighted by Crippen LogP contribution is -2.28. The Bertz CT molecular complexity index is 317. The van der Waals surface area contributed by atoms with Crippen LogP contribution in [0.4, 0.5) is 0 Å². The Kier molecular flexibility index (Phi) is 3.90. The minimum absolute atomic E-state index is 0.0472. The number of piperidine rings is 1. The van der Waals surface area contributed by atoms with Crippen molar-refractivity contribution in [3.8, 4) is 0 Å². The zero-order valence-electron chi connectivity index (χ0n) is 9.90. The molecule has 1 saturated heterocycles. The van der Waals surface area contributed by atoms with Gasteiger partial charge in [-0.1, -0.05) is 12.1 Å². The minimum Gasteiger partial charge on any atom is -0.373 e. The van der Waals surface area contributed by atoms with Crippen LogP contribution in [0.25, 0.3) is 0 Å². The van der Waals surface area contributed by atoms with Gasteiger partial charge in [-0.05, 0) is 25.8 Å². The van der Waals surface area contributed by atoms with E-state index in [0.717, 1.165) is 31.8 Å². The van der Waals surface area contributed by atoms with Crippen molar-refractivity contribution in [1.29, 1.82) is 0 Å². The monoisotopic (exact) mass is 225 g/mol. The van der Waals surface area contributed by atoms with Gasteiger partial charge in [0.05, 0.1) is 5.92 Å². The van der Waals surface area contributed by atoms with E-state index < -0.39 is 0 Å². The summed E-state index contributed by atoms with van der Waals surface area (Å²) in [6.45, 7) is 4.07. The number of hydrogen-bond donors (Lipinski definition) is 1. The zero-order chi connectivity index (χ0) is 11.4. The highest BCUT2D eigenvalue weighted by atomic mass is 16.5. The second kappa shape index (κ2) is 5.41. The van der Waals surface area contributed by atoms with Gasteiger partial charge < -0.3 is 14.6 Å². The van der Waals surface area contributed by atoms with Crippen LogP contribution in [0.5, 0.6) is 0 Å². The highest BCUT2D eigenvalue weighted by Crippen LogP contribution is 2.24. The first kappa shape index (κ1) is 11.5. The molecule has 0 amide bonds. The molecule has 16 heavy (non-hydrogen) atoms. The molecule has 2 heterocycles. The number of methoxy groups -OCH3 is 1. The SMILES string of the molecule is CCC(OC)c1noc([C@@H]2CCCNC2)n1. The molecule has 1 N–H and O–H groups in total. The van der Waals surface area contributed by atoms with Gasteiger partial charge in [-0.3, -0.25) is 0 Å². The second-order valence-electron chi connectivity index (χ2n) is 4.17. The molecule has 2 atom stereocenters. The standard InChI is InChI=1S/C11H19N3O2/c1-3-9(15-2)10-13-11(16-14-10)8-5-4-6-12-7-8/h8-9,12H,3-7H2,1-2H3/t8-,9?/m1/s1. The Morgan fingerprint density at radius 3 is 3.12 bits per heavy atom. The van der Waals surface area contributed by atoms with E-state index in [1.165, 1.54) is 6.42 Å². The molecule has 1 aliphatic rings. The molecule has 0 radical (unpaired) electrons. The largest absolute Gasteiger partial charge is 0.373 e. The van der Waals surface area contributed by atoms with Gasteiger partial charge >= 0.3 is 0 Å². The molecule has 1 aromatic heterocycles. The third kappa shape index (κ3) is 2.41. The molecule has 5 nitrogen and oxygen atoms in total. The van der Waals surface area contributed by atoms with E-state index in [0.29, 0.717) is 11.7 Å². The molecule has 2 rings (SSSR count). The molecule has 1 fully saturated rings. The zero-order valence-corrected chi connectivity index (χ0v) is 9.90. The van der Waals surface area contributed by atoms with E-state index in [-0.39, 0.29) is 6.10 Å². The smallest absolute Gasteiger partial charge is 0.231 e. The fourth-order valence-electron chi connectivity index (χ4n) is 2.06. The first-order valence-corrected chi connectivity index (χ1v) is 5.92. The predicted octanol–water partition coefficient (Wildman–Crippen LogP) is 1.63.